The number of halogens is 2. The van der Waals surface area contributed by atoms with Crippen LogP contribution in [0, 0.1) is 5.82 Å². The van der Waals surface area contributed by atoms with Gasteiger partial charge in [-0.15, -0.1) is 0 Å². The Labute approximate surface area is 178 Å². The van der Waals surface area contributed by atoms with Gasteiger partial charge in [-0.25, -0.2) is 22.5 Å². The molecule has 3 aromatic rings. The first-order valence-electron chi connectivity index (χ1n) is 9.03. The summed E-state index contributed by atoms with van der Waals surface area (Å²) in [7, 11) is -3.77. The molecule has 1 heterocycles. The monoisotopic (exact) mass is 451 g/mol. The minimum absolute atomic E-state index is 0.0364. The van der Waals surface area contributed by atoms with Crippen LogP contribution >= 0.6 is 11.6 Å². The number of benzene rings is 2. The first-order chi connectivity index (χ1) is 14.3. The van der Waals surface area contributed by atoms with Gasteiger partial charge in [0.1, 0.15) is 18.3 Å². The molecule has 0 aliphatic heterocycles. The largest absolute Gasteiger partial charge is 0.322 e. The van der Waals surface area contributed by atoms with Crippen LogP contribution in [-0.2, 0) is 10.0 Å². The van der Waals surface area contributed by atoms with Crippen LogP contribution < -0.4 is 5.32 Å². The standard InChI is InChI=1S/C19H19ClFN5O3S/c1-3-25(4-2)30(28,29)14-6-7-16(20)15(10-14)19(27)24-13-5-8-18(17(21)9-13)26-12-22-11-23-26/h5-12H,3-4H2,1-2H3,(H,24,27). The number of amides is 1. The number of sulfonamides is 1. The minimum atomic E-state index is -3.77. The number of hydrogen-bond donors (Lipinski definition) is 1. The zero-order valence-electron chi connectivity index (χ0n) is 16.2. The molecule has 0 aliphatic carbocycles. The number of carbonyl (C=O) groups is 1. The summed E-state index contributed by atoms with van der Waals surface area (Å²) in [6.45, 7) is 4.03. The van der Waals surface area contributed by atoms with Gasteiger partial charge in [0.2, 0.25) is 10.0 Å². The van der Waals surface area contributed by atoms with Crippen LogP contribution in [-0.4, -0.2) is 46.5 Å². The van der Waals surface area contributed by atoms with Crippen LogP contribution in [0.1, 0.15) is 24.2 Å². The lowest BCUT2D eigenvalue weighted by Gasteiger charge is -2.19. The summed E-state index contributed by atoms with van der Waals surface area (Å²) in [6, 6.07) is 7.95. The first-order valence-corrected chi connectivity index (χ1v) is 10.8. The normalized spacial score (nSPS) is 11.6. The lowest BCUT2D eigenvalue weighted by molar-refractivity contribution is 0.102. The Bertz CT molecular complexity index is 1160. The fraction of sp³-hybridized carbons (Fsp3) is 0.211. The quantitative estimate of drug-likeness (QED) is 0.594. The first kappa shape index (κ1) is 21.9. The Hall–Kier alpha value is -2.82. The number of anilines is 1. The average molecular weight is 452 g/mol. The molecule has 30 heavy (non-hydrogen) atoms. The second-order valence-corrected chi connectivity index (χ2v) is 8.54. The molecular weight excluding hydrogens is 433 g/mol. The molecule has 3 rings (SSSR count). The zero-order valence-corrected chi connectivity index (χ0v) is 17.8. The molecule has 1 aromatic heterocycles. The highest BCUT2D eigenvalue weighted by atomic mass is 35.5. The van der Waals surface area contributed by atoms with Crippen molar-refractivity contribution in [3.8, 4) is 5.69 Å². The predicted molar refractivity (Wildman–Crippen MR) is 111 cm³/mol. The Kier molecular flexibility index (Phi) is 6.49. The average Bonchev–Trinajstić information content (AvgIpc) is 3.23. The number of carbonyl (C=O) groups excluding carboxylic acids is 1. The van der Waals surface area contributed by atoms with Gasteiger partial charge in [0.25, 0.3) is 5.91 Å². The maximum Gasteiger partial charge on any atom is 0.257 e. The third-order valence-electron chi connectivity index (χ3n) is 4.40. The second-order valence-electron chi connectivity index (χ2n) is 6.19. The number of aromatic nitrogens is 3. The van der Waals surface area contributed by atoms with Crippen molar-refractivity contribution in [3.63, 3.8) is 0 Å². The number of hydrogen-bond acceptors (Lipinski definition) is 5. The molecule has 1 amide bonds. The van der Waals surface area contributed by atoms with Gasteiger partial charge in [-0.3, -0.25) is 4.79 Å². The van der Waals surface area contributed by atoms with Crippen molar-refractivity contribution in [1.82, 2.24) is 19.1 Å². The third kappa shape index (κ3) is 4.35. The Morgan fingerprint density at radius 1 is 1.20 bits per heavy atom. The van der Waals surface area contributed by atoms with E-state index in [1.54, 1.807) is 13.8 Å². The smallest absolute Gasteiger partial charge is 0.257 e. The van der Waals surface area contributed by atoms with Gasteiger partial charge in [0.05, 0.1) is 15.5 Å². The van der Waals surface area contributed by atoms with Crippen molar-refractivity contribution in [3.05, 3.63) is 65.5 Å². The molecule has 0 fully saturated rings. The van der Waals surface area contributed by atoms with Crippen molar-refractivity contribution >= 4 is 33.2 Å². The van der Waals surface area contributed by atoms with Crippen molar-refractivity contribution in [2.24, 2.45) is 0 Å². The van der Waals surface area contributed by atoms with E-state index in [0.29, 0.717) is 13.1 Å². The zero-order chi connectivity index (χ0) is 21.9. The van der Waals surface area contributed by atoms with Gasteiger partial charge in [-0.05, 0) is 36.4 Å². The molecule has 0 bridgehead atoms. The summed E-state index contributed by atoms with van der Waals surface area (Å²) in [6.07, 6.45) is 2.62. The van der Waals surface area contributed by atoms with E-state index < -0.39 is 21.7 Å². The predicted octanol–water partition coefficient (Wildman–Crippen LogP) is 3.34. The van der Waals surface area contributed by atoms with Gasteiger partial charge >= 0.3 is 0 Å². The number of nitrogens with one attached hydrogen (secondary N) is 1. The Morgan fingerprint density at radius 2 is 1.93 bits per heavy atom. The summed E-state index contributed by atoms with van der Waals surface area (Å²) >= 11 is 6.12. The van der Waals surface area contributed by atoms with Gasteiger partial charge < -0.3 is 5.32 Å². The van der Waals surface area contributed by atoms with Crippen molar-refractivity contribution in [2.75, 3.05) is 18.4 Å². The van der Waals surface area contributed by atoms with Crippen LogP contribution in [0.25, 0.3) is 5.69 Å². The molecule has 1 N–H and O–H groups in total. The van der Waals surface area contributed by atoms with Gasteiger partial charge in [-0.2, -0.15) is 9.40 Å². The highest BCUT2D eigenvalue weighted by molar-refractivity contribution is 7.89. The highest BCUT2D eigenvalue weighted by Crippen LogP contribution is 2.25. The SMILES string of the molecule is CCN(CC)S(=O)(=O)c1ccc(Cl)c(C(=O)Nc2ccc(-n3cncn3)c(F)c2)c1. The van der Waals surface area contributed by atoms with E-state index >= 15 is 0 Å². The van der Waals surface area contributed by atoms with Crippen LogP contribution in [0.3, 0.4) is 0 Å². The molecule has 11 heteroatoms. The van der Waals surface area contributed by atoms with Crippen LogP contribution in [0.4, 0.5) is 10.1 Å². The fourth-order valence-electron chi connectivity index (χ4n) is 2.85. The van der Waals surface area contributed by atoms with Gasteiger partial charge in [-0.1, -0.05) is 25.4 Å². The second kappa shape index (κ2) is 8.90. The molecule has 2 aromatic carbocycles. The van der Waals surface area contributed by atoms with Gasteiger partial charge in [0.15, 0.2) is 5.82 Å². The van der Waals surface area contributed by atoms with E-state index in [-0.39, 0.29) is 26.9 Å². The summed E-state index contributed by atoms with van der Waals surface area (Å²) in [4.78, 5) is 16.4. The number of nitrogens with zero attached hydrogens (tertiary/aromatic N) is 4. The molecular formula is C19H19ClFN5O3S. The molecule has 0 saturated heterocycles. The molecule has 0 atom stereocenters. The maximum atomic E-state index is 14.4. The summed E-state index contributed by atoms with van der Waals surface area (Å²) < 4.78 is 42.3. The lowest BCUT2D eigenvalue weighted by atomic mass is 10.2. The molecule has 158 valence electrons. The summed E-state index contributed by atoms with van der Waals surface area (Å²) in [5.41, 5.74) is 0.302. The Balaban J connectivity index is 1.88. The van der Waals surface area contributed by atoms with E-state index in [0.717, 1.165) is 6.07 Å². The van der Waals surface area contributed by atoms with Crippen LogP contribution in [0.15, 0.2) is 53.9 Å². The fourth-order valence-corrected chi connectivity index (χ4v) is 4.54. The molecule has 0 aliphatic rings. The third-order valence-corrected chi connectivity index (χ3v) is 6.77. The summed E-state index contributed by atoms with van der Waals surface area (Å²) in [5, 5.41) is 6.46. The molecule has 0 spiro atoms. The number of rotatable bonds is 7. The minimum Gasteiger partial charge on any atom is -0.322 e. The lowest BCUT2D eigenvalue weighted by Crippen LogP contribution is -2.30. The van der Waals surface area contributed by atoms with E-state index in [1.165, 1.54) is 52.0 Å². The topological polar surface area (TPSA) is 97.2 Å². The van der Waals surface area contributed by atoms with E-state index in [9.17, 15) is 17.6 Å². The molecule has 8 nitrogen and oxygen atoms in total. The van der Waals surface area contributed by atoms with E-state index in [4.69, 9.17) is 11.6 Å². The molecule has 0 unspecified atom stereocenters. The maximum absolute atomic E-state index is 14.4. The van der Waals surface area contributed by atoms with Crippen molar-refractivity contribution < 1.29 is 17.6 Å². The highest BCUT2D eigenvalue weighted by Gasteiger charge is 2.24. The van der Waals surface area contributed by atoms with E-state index in [1.807, 2.05) is 0 Å². The van der Waals surface area contributed by atoms with E-state index in [2.05, 4.69) is 15.4 Å². The van der Waals surface area contributed by atoms with Crippen molar-refractivity contribution in [1.29, 1.82) is 0 Å². The Morgan fingerprint density at radius 3 is 2.53 bits per heavy atom. The van der Waals surface area contributed by atoms with Crippen molar-refractivity contribution in [2.45, 2.75) is 18.7 Å². The van der Waals surface area contributed by atoms with Crippen LogP contribution in [0.5, 0.6) is 0 Å². The summed E-state index contributed by atoms with van der Waals surface area (Å²) in [5.74, 6) is -1.29. The van der Waals surface area contributed by atoms with Crippen LogP contribution in [0.2, 0.25) is 5.02 Å². The van der Waals surface area contributed by atoms with Gasteiger partial charge in [0, 0.05) is 18.8 Å². The molecule has 0 radical (unpaired) electrons. The molecule has 0 saturated carbocycles.